The highest BCUT2D eigenvalue weighted by molar-refractivity contribution is 6.34. The van der Waals surface area contributed by atoms with Crippen molar-refractivity contribution in [2.24, 2.45) is 23.7 Å². The summed E-state index contributed by atoms with van der Waals surface area (Å²) in [7, 11) is 1.49. The van der Waals surface area contributed by atoms with Crippen LogP contribution in [-0.4, -0.2) is 53.1 Å². The number of nitrogens with zero attached hydrogens (tertiary/aromatic N) is 2. The normalized spacial score (nSPS) is 21.8. The number of ether oxygens (including phenoxy) is 2. The molecule has 0 spiro atoms. The van der Waals surface area contributed by atoms with E-state index < -0.39 is 47.9 Å². The van der Waals surface area contributed by atoms with E-state index in [1.807, 2.05) is 12.2 Å². The number of halogens is 1. The lowest BCUT2D eigenvalue weighted by Gasteiger charge is -2.31. The van der Waals surface area contributed by atoms with Crippen LogP contribution in [0.1, 0.15) is 37.5 Å². The predicted octanol–water partition coefficient (Wildman–Crippen LogP) is 4.62. The number of esters is 1. The van der Waals surface area contributed by atoms with Crippen molar-refractivity contribution in [3.63, 3.8) is 0 Å². The van der Waals surface area contributed by atoms with Gasteiger partial charge in [0, 0.05) is 5.56 Å². The molecule has 2 bridgehead atoms. The van der Waals surface area contributed by atoms with Gasteiger partial charge in [-0.1, -0.05) is 42.0 Å². The van der Waals surface area contributed by atoms with Crippen LogP contribution in [0.5, 0.6) is 11.5 Å². The van der Waals surface area contributed by atoms with E-state index in [0.717, 1.165) is 16.4 Å². The van der Waals surface area contributed by atoms with E-state index in [0.29, 0.717) is 5.75 Å². The summed E-state index contributed by atoms with van der Waals surface area (Å²) < 4.78 is 10.6. The Morgan fingerprint density at radius 3 is 2.17 bits per heavy atom. The molecule has 10 heteroatoms. The molecule has 3 aromatic carbocycles. The van der Waals surface area contributed by atoms with Gasteiger partial charge in [-0.2, -0.15) is 5.01 Å². The van der Waals surface area contributed by atoms with Gasteiger partial charge in [0.1, 0.15) is 18.0 Å². The number of amides is 3. The lowest BCUT2D eigenvalue weighted by atomic mass is 9.85. The van der Waals surface area contributed by atoms with Crippen LogP contribution in [0.25, 0.3) is 0 Å². The molecule has 1 saturated carbocycles. The number of Topliss-reactive ketones (excluding diaryl/α,β-unsaturated/α-hetero) is 1. The molecular weight excluding hydrogens is 560 g/mol. The van der Waals surface area contributed by atoms with Crippen molar-refractivity contribution >= 4 is 41.1 Å². The van der Waals surface area contributed by atoms with Crippen LogP contribution in [0, 0.1) is 23.7 Å². The van der Waals surface area contributed by atoms with E-state index >= 15 is 0 Å². The Balaban J connectivity index is 1.23. The molecule has 3 aromatic rings. The number of hydrogen-bond donors (Lipinski definition) is 0. The molecule has 2 aliphatic carbocycles. The highest BCUT2D eigenvalue weighted by Gasteiger charge is 2.61. The van der Waals surface area contributed by atoms with Crippen LogP contribution in [0.2, 0.25) is 5.02 Å². The smallest absolute Gasteiger partial charge is 0.343 e. The van der Waals surface area contributed by atoms with Crippen molar-refractivity contribution < 1.29 is 33.4 Å². The number of allylic oxidation sites excluding steroid dienone is 2. The summed E-state index contributed by atoms with van der Waals surface area (Å²) >= 11 is 6.29. The Bertz CT molecular complexity index is 1620. The number of carbonyl (C=O) groups excluding carboxylic acids is 5. The van der Waals surface area contributed by atoms with Gasteiger partial charge in [-0.25, -0.2) is 9.80 Å². The van der Waals surface area contributed by atoms with Crippen LogP contribution in [0.15, 0.2) is 84.9 Å². The minimum atomic E-state index is -0.736. The standard InChI is InChI=1S/C32H25ClN2O7/c1-41-23-6-4-5-21(16-23)32(40)42-22-13-11-18(12-14-22)26(36)17-34(29(37)24-7-2-3-8-25(24)33)35-30(38)27-19-9-10-20(15-19)28(27)31(35)39/h2-14,16,19-20,27-28H,15,17H2,1H3/t19-,20-,27-,28-/m0/s1. The Morgan fingerprint density at radius 1 is 0.857 bits per heavy atom. The third-order valence-corrected chi connectivity index (χ3v) is 8.34. The van der Waals surface area contributed by atoms with Gasteiger partial charge in [-0.15, -0.1) is 0 Å². The first kappa shape index (κ1) is 27.4. The zero-order valence-corrected chi connectivity index (χ0v) is 23.2. The first-order valence-electron chi connectivity index (χ1n) is 13.4. The van der Waals surface area contributed by atoms with Crippen molar-refractivity contribution in [1.82, 2.24) is 10.0 Å². The monoisotopic (exact) mass is 584 g/mol. The molecule has 42 heavy (non-hydrogen) atoms. The van der Waals surface area contributed by atoms with E-state index in [-0.39, 0.29) is 39.3 Å². The summed E-state index contributed by atoms with van der Waals surface area (Å²) in [4.78, 5) is 66.8. The summed E-state index contributed by atoms with van der Waals surface area (Å²) in [6, 6.07) is 18.5. The van der Waals surface area contributed by atoms with Crippen LogP contribution in [-0.2, 0) is 9.59 Å². The quantitative estimate of drug-likeness (QED) is 0.125. The molecule has 0 aromatic heterocycles. The highest BCUT2D eigenvalue weighted by Crippen LogP contribution is 2.52. The van der Waals surface area contributed by atoms with E-state index in [1.165, 1.54) is 43.5 Å². The molecule has 0 unspecified atom stereocenters. The van der Waals surface area contributed by atoms with Gasteiger partial charge in [-0.05, 0) is 72.9 Å². The number of methoxy groups -OCH3 is 1. The third kappa shape index (κ3) is 4.75. The number of fused-ring (bicyclic) bond motifs is 5. The first-order valence-corrected chi connectivity index (χ1v) is 13.8. The summed E-state index contributed by atoms with van der Waals surface area (Å²) in [6.07, 6.45) is 4.63. The second-order valence-corrected chi connectivity index (χ2v) is 10.8. The lowest BCUT2D eigenvalue weighted by molar-refractivity contribution is -0.154. The summed E-state index contributed by atoms with van der Waals surface area (Å²) in [6.45, 7) is -0.577. The molecule has 4 atom stereocenters. The second kappa shape index (κ2) is 10.9. The van der Waals surface area contributed by atoms with Gasteiger partial charge in [0.05, 0.1) is 35.1 Å². The lowest BCUT2D eigenvalue weighted by Crippen LogP contribution is -2.52. The fourth-order valence-electron chi connectivity index (χ4n) is 5.98. The van der Waals surface area contributed by atoms with Crippen molar-refractivity contribution in [1.29, 1.82) is 0 Å². The molecule has 0 N–H and O–H groups in total. The minimum absolute atomic E-state index is 0.0607. The summed E-state index contributed by atoms with van der Waals surface area (Å²) in [5, 5.41) is 1.88. The number of ketones is 1. The highest BCUT2D eigenvalue weighted by atomic mass is 35.5. The molecular formula is C32H25ClN2O7. The molecule has 3 aliphatic rings. The molecule has 1 saturated heterocycles. The van der Waals surface area contributed by atoms with E-state index in [2.05, 4.69) is 0 Å². The Morgan fingerprint density at radius 2 is 1.52 bits per heavy atom. The second-order valence-electron chi connectivity index (χ2n) is 10.4. The number of hydrazine groups is 1. The number of hydrogen-bond acceptors (Lipinski definition) is 7. The maximum atomic E-state index is 13.7. The molecule has 9 nitrogen and oxygen atoms in total. The average Bonchev–Trinajstić information content (AvgIpc) is 3.69. The fourth-order valence-corrected chi connectivity index (χ4v) is 6.20. The van der Waals surface area contributed by atoms with E-state index in [9.17, 15) is 24.0 Å². The molecule has 2 fully saturated rings. The van der Waals surface area contributed by atoms with Crippen LogP contribution in [0.3, 0.4) is 0 Å². The number of carbonyl (C=O) groups is 5. The zero-order chi connectivity index (χ0) is 29.5. The predicted molar refractivity (Wildman–Crippen MR) is 151 cm³/mol. The summed E-state index contributed by atoms with van der Waals surface area (Å²) in [5.41, 5.74) is 0.538. The molecule has 1 heterocycles. The van der Waals surface area contributed by atoms with E-state index in [1.54, 1.807) is 36.4 Å². The van der Waals surface area contributed by atoms with Crippen LogP contribution >= 0.6 is 11.6 Å². The first-order chi connectivity index (χ1) is 20.3. The van der Waals surface area contributed by atoms with Gasteiger partial charge in [0.25, 0.3) is 17.7 Å². The topological polar surface area (TPSA) is 110 Å². The van der Waals surface area contributed by atoms with Gasteiger partial charge in [0.15, 0.2) is 5.78 Å². The maximum absolute atomic E-state index is 13.7. The number of rotatable bonds is 8. The largest absolute Gasteiger partial charge is 0.497 e. The Kier molecular flexibility index (Phi) is 7.12. The van der Waals surface area contributed by atoms with E-state index in [4.69, 9.17) is 21.1 Å². The number of benzene rings is 3. The zero-order valence-electron chi connectivity index (χ0n) is 22.4. The Hall–Kier alpha value is -4.76. The molecule has 3 amide bonds. The van der Waals surface area contributed by atoms with Crippen molar-refractivity contribution in [3.05, 3.63) is 107 Å². The fraction of sp³-hybridized carbons (Fsp3) is 0.219. The van der Waals surface area contributed by atoms with Crippen molar-refractivity contribution in [3.8, 4) is 11.5 Å². The van der Waals surface area contributed by atoms with Crippen LogP contribution < -0.4 is 9.47 Å². The molecule has 0 radical (unpaired) electrons. The third-order valence-electron chi connectivity index (χ3n) is 8.01. The summed E-state index contributed by atoms with van der Waals surface area (Å²) in [5.74, 6) is -3.39. The van der Waals surface area contributed by atoms with Crippen molar-refractivity contribution in [2.45, 2.75) is 6.42 Å². The van der Waals surface area contributed by atoms with Crippen molar-refractivity contribution in [2.75, 3.05) is 13.7 Å². The SMILES string of the molecule is COc1cccc(C(=O)Oc2ccc(C(=O)CN(C(=O)c3ccccc3Cl)N3C(=O)[C@@H]4[C@@H](C3=O)[C@H]3C=C[C@H]4C3)cc2)c1. The van der Waals surface area contributed by atoms with Gasteiger partial charge in [-0.3, -0.25) is 19.2 Å². The van der Waals surface area contributed by atoms with Crippen LogP contribution in [0.4, 0.5) is 0 Å². The van der Waals surface area contributed by atoms with Gasteiger partial charge >= 0.3 is 5.97 Å². The Labute approximate surface area is 246 Å². The molecule has 1 aliphatic heterocycles. The average molecular weight is 585 g/mol. The van der Waals surface area contributed by atoms with Gasteiger partial charge in [0.2, 0.25) is 0 Å². The minimum Gasteiger partial charge on any atom is -0.497 e. The number of imide groups is 1. The maximum Gasteiger partial charge on any atom is 0.343 e. The van der Waals surface area contributed by atoms with Gasteiger partial charge < -0.3 is 9.47 Å². The molecule has 212 valence electrons. The molecule has 6 rings (SSSR count).